The van der Waals surface area contributed by atoms with E-state index < -0.39 is 0 Å². The van der Waals surface area contributed by atoms with Gasteiger partial charge < -0.3 is 15.8 Å². The van der Waals surface area contributed by atoms with Crippen LogP contribution in [-0.2, 0) is 13.0 Å². The Morgan fingerprint density at radius 3 is 2.71 bits per heavy atom. The van der Waals surface area contributed by atoms with E-state index in [1.165, 1.54) is 10.7 Å². The number of benzene rings is 1. The van der Waals surface area contributed by atoms with Gasteiger partial charge in [-0.15, -0.1) is 0 Å². The maximum Gasteiger partial charge on any atom is 0.268 e. The summed E-state index contributed by atoms with van der Waals surface area (Å²) in [6.45, 7) is 1.68. The number of hydrogen-bond donors (Lipinski definition) is 2. The molecular weight excluding hydrogens is 268 g/mol. The van der Waals surface area contributed by atoms with E-state index in [1.807, 2.05) is 24.3 Å². The Kier molecular flexibility index (Phi) is 5.34. The molecule has 1 aromatic carbocycles. The highest BCUT2D eigenvalue weighted by molar-refractivity contribution is 5.38. The average molecular weight is 288 g/mol. The first-order chi connectivity index (χ1) is 10.2. The Hall–Kier alpha value is -2.34. The van der Waals surface area contributed by atoms with Crippen LogP contribution in [0.5, 0.6) is 5.75 Å². The van der Waals surface area contributed by atoms with Gasteiger partial charge in [-0.1, -0.05) is 12.1 Å². The van der Waals surface area contributed by atoms with Crippen LogP contribution in [0.3, 0.4) is 0 Å². The van der Waals surface area contributed by atoms with Crippen LogP contribution >= 0.6 is 0 Å². The molecule has 0 aliphatic rings. The topological polar surface area (TPSA) is 82.2 Å². The van der Waals surface area contributed by atoms with Crippen molar-refractivity contribution in [1.82, 2.24) is 9.78 Å². The van der Waals surface area contributed by atoms with Crippen LogP contribution in [0.15, 0.2) is 41.3 Å². The molecule has 0 saturated heterocycles. The predicted octanol–water partition coefficient (Wildman–Crippen LogP) is 0.865. The third kappa shape index (κ3) is 4.32. The number of aromatic nitrogens is 2. The molecule has 2 aromatic rings. The minimum atomic E-state index is -0.120. The van der Waals surface area contributed by atoms with E-state index in [9.17, 15) is 4.79 Å². The van der Waals surface area contributed by atoms with Crippen molar-refractivity contribution < 1.29 is 4.74 Å². The zero-order valence-electron chi connectivity index (χ0n) is 12.1. The molecule has 1 aromatic heterocycles. The van der Waals surface area contributed by atoms with Gasteiger partial charge in [-0.2, -0.15) is 5.10 Å². The van der Waals surface area contributed by atoms with Crippen LogP contribution < -0.4 is 21.3 Å². The fourth-order valence-corrected chi connectivity index (χ4v) is 1.94. The minimum absolute atomic E-state index is 0.120. The molecule has 6 nitrogen and oxygen atoms in total. The summed E-state index contributed by atoms with van der Waals surface area (Å²) < 4.78 is 6.57. The quantitative estimate of drug-likeness (QED) is 0.790. The molecule has 0 amide bonds. The molecule has 0 fully saturated rings. The number of aryl methyl sites for hydroxylation is 2. The first-order valence-electron chi connectivity index (χ1n) is 6.87. The Labute approximate surface area is 123 Å². The lowest BCUT2D eigenvalue weighted by Gasteiger charge is -2.08. The van der Waals surface area contributed by atoms with Gasteiger partial charge in [0.2, 0.25) is 0 Å². The van der Waals surface area contributed by atoms with Gasteiger partial charge >= 0.3 is 0 Å². The third-order valence-electron chi connectivity index (χ3n) is 3.11. The maximum absolute atomic E-state index is 11.9. The Bertz CT molecular complexity index is 622. The summed E-state index contributed by atoms with van der Waals surface area (Å²) in [5, 5.41) is 7.19. The molecule has 2 rings (SSSR count). The minimum Gasteiger partial charge on any atom is -0.497 e. The summed E-state index contributed by atoms with van der Waals surface area (Å²) in [4.78, 5) is 11.9. The SMILES string of the molecule is COc1ccc(CCn2ncc(NCCN)cc2=O)cc1. The van der Waals surface area contributed by atoms with Gasteiger partial charge in [-0.25, -0.2) is 4.68 Å². The number of hydrogen-bond acceptors (Lipinski definition) is 5. The van der Waals surface area contributed by atoms with Crippen LogP contribution in [0, 0.1) is 0 Å². The lowest BCUT2D eigenvalue weighted by molar-refractivity contribution is 0.414. The summed E-state index contributed by atoms with van der Waals surface area (Å²) in [7, 11) is 1.64. The van der Waals surface area contributed by atoms with E-state index in [0.29, 0.717) is 25.3 Å². The molecule has 0 saturated carbocycles. The molecule has 0 aliphatic carbocycles. The Morgan fingerprint density at radius 1 is 1.33 bits per heavy atom. The monoisotopic (exact) mass is 288 g/mol. The van der Waals surface area contributed by atoms with E-state index in [1.54, 1.807) is 13.3 Å². The normalized spacial score (nSPS) is 10.4. The molecule has 21 heavy (non-hydrogen) atoms. The second-order valence-corrected chi connectivity index (χ2v) is 4.62. The lowest BCUT2D eigenvalue weighted by atomic mass is 10.1. The van der Waals surface area contributed by atoms with Crippen molar-refractivity contribution >= 4 is 5.69 Å². The summed E-state index contributed by atoms with van der Waals surface area (Å²) >= 11 is 0. The highest BCUT2D eigenvalue weighted by atomic mass is 16.5. The summed E-state index contributed by atoms with van der Waals surface area (Å²) in [5.41, 5.74) is 7.12. The largest absolute Gasteiger partial charge is 0.497 e. The Balaban J connectivity index is 1.97. The van der Waals surface area contributed by atoms with E-state index in [0.717, 1.165) is 17.7 Å². The molecule has 6 heteroatoms. The zero-order valence-corrected chi connectivity index (χ0v) is 12.1. The van der Waals surface area contributed by atoms with Gasteiger partial charge in [-0.05, 0) is 24.1 Å². The number of nitrogens with zero attached hydrogens (tertiary/aromatic N) is 2. The summed E-state index contributed by atoms with van der Waals surface area (Å²) in [6.07, 6.45) is 2.39. The first kappa shape index (κ1) is 15.1. The third-order valence-corrected chi connectivity index (χ3v) is 3.11. The molecule has 112 valence electrons. The number of ether oxygens (including phenoxy) is 1. The molecule has 1 heterocycles. The van der Waals surface area contributed by atoms with Crippen molar-refractivity contribution in [2.45, 2.75) is 13.0 Å². The number of anilines is 1. The average Bonchev–Trinajstić information content (AvgIpc) is 2.52. The van der Waals surface area contributed by atoms with Gasteiger partial charge in [0.1, 0.15) is 5.75 Å². The lowest BCUT2D eigenvalue weighted by Crippen LogP contribution is -2.24. The zero-order chi connectivity index (χ0) is 15.1. The number of nitrogens with two attached hydrogens (primary N) is 1. The van der Waals surface area contributed by atoms with Gasteiger partial charge in [0.05, 0.1) is 19.0 Å². The van der Waals surface area contributed by atoms with Crippen molar-refractivity contribution in [2.24, 2.45) is 5.73 Å². The van der Waals surface area contributed by atoms with Crippen molar-refractivity contribution in [3.05, 3.63) is 52.4 Å². The van der Waals surface area contributed by atoms with Crippen LogP contribution in [0.25, 0.3) is 0 Å². The molecule has 3 N–H and O–H groups in total. The molecule has 0 bridgehead atoms. The fourth-order valence-electron chi connectivity index (χ4n) is 1.94. The van der Waals surface area contributed by atoms with Gasteiger partial charge in [0.15, 0.2) is 0 Å². The first-order valence-corrected chi connectivity index (χ1v) is 6.87. The number of rotatable bonds is 7. The van der Waals surface area contributed by atoms with Crippen molar-refractivity contribution in [2.75, 3.05) is 25.5 Å². The number of nitrogens with one attached hydrogen (secondary N) is 1. The van der Waals surface area contributed by atoms with Gasteiger partial charge in [-0.3, -0.25) is 4.79 Å². The van der Waals surface area contributed by atoms with E-state index in [2.05, 4.69) is 10.4 Å². The van der Waals surface area contributed by atoms with Gasteiger partial charge in [0.25, 0.3) is 5.56 Å². The maximum atomic E-state index is 11.9. The molecule has 0 spiro atoms. The molecular formula is C15H20N4O2. The molecule has 0 radical (unpaired) electrons. The van der Waals surface area contributed by atoms with E-state index in [-0.39, 0.29) is 5.56 Å². The van der Waals surface area contributed by atoms with Crippen molar-refractivity contribution in [3.8, 4) is 5.75 Å². The predicted molar refractivity (Wildman–Crippen MR) is 82.7 cm³/mol. The highest BCUT2D eigenvalue weighted by Gasteiger charge is 2.01. The summed E-state index contributed by atoms with van der Waals surface area (Å²) in [5.74, 6) is 0.823. The van der Waals surface area contributed by atoms with Gasteiger partial charge in [0, 0.05) is 25.7 Å². The van der Waals surface area contributed by atoms with Crippen molar-refractivity contribution in [1.29, 1.82) is 0 Å². The molecule has 0 atom stereocenters. The molecule has 0 aliphatic heterocycles. The smallest absolute Gasteiger partial charge is 0.268 e. The molecule has 0 unspecified atom stereocenters. The van der Waals surface area contributed by atoms with Crippen LogP contribution in [-0.4, -0.2) is 30.0 Å². The van der Waals surface area contributed by atoms with Crippen LogP contribution in [0.1, 0.15) is 5.56 Å². The van der Waals surface area contributed by atoms with Crippen LogP contribution in [0.2, 0.25) is 0 Å². The summed E-state index contributed by atoms with van der Waals surface area (Å²) in [6, 6.07) is 9.33. The number of methoxy groups -OCH3 is 1. The van der Waals surface area contributed by atoms with E-state index in [4.69, 9.17) is 10.5 Å². The Morgan fingerprint density at radius 2 is 2.10 bits per heavy atom. The highest BCUT2D eigenvalue weighted by Crippen LogP contribution is 2.11. The second kappa shape index (κ2) is 7.44. The second-order valence-electron chi connectivity index (χ2n) is 4.62. The van der Waals surface area contributed by atoms with E-state index >= 15 is 0 Å². The fraction of sp³-hybridized carbons (Fsp3) is 0.333. The van der Waals surface area contributed by atoms with Crippen molar-refractivity contribution in [3.63, 3.8) is 0 Å². The standard InChI is InChI=1S/C15H20N4O2/c1-21-14-4-2-12(3-5-14)6-9-19-15(20)10-13(11-18-19)17-8-7-16/h2-5,10-11,17H,6-9,16H2,1H3. The van der Waals surface area contributed by atoms with Crippen LogP contribution in [0.4, 0.5) is 5.69 Å².